The standard InChI is InChI=1S/C19H18N4O2S/c1-10(2)17-16(11(3)23-25-17)19(24)20-12-6-7-13-14(9-12)22-18(21-13)15-5-4-8-26-15/h4-10H,1-3H3,(H,20,24)(H,21,22). The number of hydrogen-bond donors (Lipinski definition) is 2. The van der Waals surface area contributed by atoms with Gasteiger partial charge in [-0.3, -0.25) is 4.79 Å². The maximum atomic E-state index is 12.7. The van der Waals surface area contributed by atoms with Crippen molar-refractivity contribution in [2.75, 3.05) is 5.32 Å². The predicted octanol–water partition coefficient (Wildman–Crippen LogP) is 4.96. The van der Waals surface area contributed by atoms with Crippen LogP contribution in [-0.2, 0) is 0 Å². The number of imidazole rings is 1. The molecule has 4 aromatic rings. The fraction of sp³-hybridized carbons (Fsp3) is 0.211. The summed E-state index contributed by atoms with van der Waals surface area (Å²) in [5, 5.41) is 8.88. The van der Waals surface area contributed by atoms with Crippen molar-refractivity contribution in [2.45, 2.75) is 26.7 Å². The van der Waals surface area contributed by atoms with Crippen LogP contribution in [0.4, 0.5) is 5.69 Å². The first-order chi connectivity index (χ1) is 12.5. The van der Waals surface area contributed by atoms with Gasteiger partial charge in [0.05, 0.1) is 21.6 Å². The average molecular weight is 366 g/mol. The second kappa shape index (κ2) is 6.42. The smallest absolute Gasteiger partial charge is 0.261 e. The van der Waals surface area contributed by atoms with Gasteiger partial charge in [-0.2, -0.15) is 0 Å². The van der Waals surface area contributed by atoms with Crippen LogP contribution in [0.1, 0.15) is 41.6 Å². The number of anilines is 1. The topological polar surface area (TPSA) is 83.8 Å². The molecule has 26 heavy (non-hydrogen) atoms. The normalized spacial score (nSPS) is 11.4. The van der Waals surface area contributed by atoms with Gasteiger partial charge in [0.15, 0.2) is 5.76 Å². The molecule has 0 spiro atoms. The number of nitrogens with one attached hydrogen (secondary N) is 2. The summed E-state index contributed by atoms with van der Waals surface area (Å²) in [5.41, 5.74) is 3.52. The summed E-state index contributed by atoms with van der Waals surface area (Å²) in [6.07, 6.45) is 0. The third-order valence-corrected chi connectivity index (χ3v) is 5.01. The van der Waals surface area contributed by atoms with E-state index in [2.05, 4.69) is 20.4 Å². The Morgan fingerprint density at radius 3 is 2.88 bits per heavy atom. The molecule has 1 amide bonds. The molecule has 0 saturated carbocycles. The zero-order chi connectivity index (χ0) is 18.3. The van der Waals surface area contributed by atoms with Crippen LogP contribution in [0, 0.1) is 6.92 Å². The molecule has 3 heterocycles. The molecule has 2 N–H and O–H groups in total. The first kappa shape index (κ1) is 16.5. The third kappa shape index (κ3) is 2.90. The predicted molar refractivity (Wildman–Crippen MR) is 103 cm³/mol. The van der Waals surface area contributed by atoms with Gasteiger partial charge in [0.25, 0.3) is 5.91 Å². The van der Waals surface area contributed by atoms with Crippen molar-refractivity contribution in [3.05, 3.63) is 52.7 Å². The molecule has 0 aliphatic heterocycles. The molecule has 0 saturated heterocycles. The Kier molecular flexibility index (Phi) is 4.08. The Morgan fingerprint density at radius 1 is 1.31 bits per heavy atom. The molecular weight excluding hydrogens is 348 g/mol. The van der Waals surface area contributed by atoms with Crippen LogP contribution < -0.4 is 5.32 Å². The van der Waals surface area contributed by atoms with Crippen LogP contribution in [0.3, 0.4) is 0 Å². The van der Waals surface area contributed by atoms with Gasteiger partial charge in [-0.15, -0.1) is 11.3 Å². The van der Waals surface area contributed by atoms with E-state index >= 15 is 0 Å². The van der Waals surface area contributed by atoms with E-state index in [0.29, 0.717) is 22.7 Å². The van der Waals surface area contributed by atoms with Gasteiger partial charge in [0, 0.05) is 11.6 Å². The minimum Gasteiger partial charge on any atom is -0.360 e. The first-order valence-electron chi connectivity index (χ1n) is 8.34. The number of carbonyl (C=O) groups is 1. The molecule has 0 atom stereocenters. The highest BCUT2D eigenvalue weighted by molar-refractivity contribution is 7.13. The van der Waals surface area contributed by atoms with E-state index in [9.17, 15) is 4.79 Å². The monoisotopic (exact) mass is 366 g/mol. The maximum Gasteiger partial charge on any atom is 0.261 e. The van der Waals surface area contributed by atoms with Gasteiger partial charge < -0.3 is 14.8 Å². The van der Waals surface area contributed by atoms with Gasteiger partial charge >= 0.3 is 0 Å². The Balaban J connectivity index is 1.63. The van der Waals surface area contributed by atoms with Crippen LogP contribution >= 0.6 is 11.3 Å². The summed E-state index contributed by atoms with van der Waals surface area (Å²) >= 11 is 1.63. The number of nitrogens with zero attached hydrogens (tertiary/aromatic N) is 2. The number of fused-ring (bicyclic) bond motifs is 1. The minimum atomic E-state index is -0.218. The molecule has 132 valence electrons. The number of carbonyl (C=O) groups excluding carboxylic acids is 1. The molecule has 0 unspecified atom stereocenters. The highest BCUT2D eigenvalue weighted by atomic mass is 32.1. The molecule has 0 aliphatic carbocycles. The van der Waals surface area contributed by atoms with Gasteiger partial charge in [0.1, 0.15) is 11.4 Å². The highest BCUT2D eigenvalue weighted by Gasteiger charge is 2.22. The van der Waals surface area contributed by atoms with E-state index in [1.807, 2.05) is 49.6 Å². The van der Waals surface area contributed by atoms with Crippen LogP contribution in [0.15, 0.2) is 40.2 Å². The third-order valence-electron chi connectivity index (χ3n) is 4.13. The maximum absolute atomic E-state index is 12.7. The first-order valence-corrected chi connectivity index (χ1v) is 9.22. The van der Waals surface area contributed by atoms with Crippen molar-refractivity contribution in [3.63, 3.8) is 0 Å². The summed E-state index contributed by atoms with van der Waals surface area (Å²) < 4.78 is 5.30. The molecule has 1 aromatic carbocycles. The number of rotatable bonds is 4. The summed E-state index contributed by atoms with van der Waals surface area (Å²) in [6, 6.07) is 9.63. The minimum absolute atomic E-state index is 0.0837. The molecule has 6 nitrogen and oxygen atoms in total. The van der Waals surface area contributed by atoms with E-state index in [1.54, 1.807) is 18.3 Å². The second-order valence-electron chi connectivity index (χ2n) is 6.41. The summed E-state index contributed by atoms with van der Waals surface area (Å²) in [4.78, 5) is 21.7. The molecule has 0 radical (unpaired) electrons. The number of benzene rings is 1. The lowest BCUT2D eigenvalue weighted by atomic mass is 10.0. The van der Waals surface area contributed by atoms with Crippen molar-refractivity contribution in [1.82, 2.24) is 15.1 Å². The number of amides is 1. The van der Waals surface area contributed by atoms with E-state index in [0.717, 1.165) is 21.7 Å². The van der Waals surface area contributed by atoms with E-state index < -0.39 is 0 Å². The van der Waals surface area contributed by atoms with E-state index in [1.165, 1.54) is 0 Å². The second-order valence-corrected chi connectivity index (χ2v) is 7.36. The van der Waals surface area contributed by atoms with Crippen molar-refractivity contribution >= 4 is 34.0 Å². The van der Waals surface area contributed by atoms with Gasteiger partial charge in [-0.1, -0.05) is 25.1 Å². The fourth-order valence-corrected chi connectivity index (χ4v) is 3.54. The quantitative estimate of drug-likeness (QED) is 0.534. The van der Waals surface area contributed by atoms with Crippen LogP contribution in [-0.4, -0.2) is 21.0 Å². The lowest BCUT2D eigenvalue weighted by Gasteiger charge is -2.07. The number of thiophene rings is 1. The van der Waals surface area contributed by atoms with Crippen LogP contribution in [0.25, 0.3) is 21.7 Å². The lowest BCUT2D eigenvalue weighted by molar-refractivity contribution is 0.102. The van der Waals surface area contributed by atoms with Gasteiger partial charge in [-0.05, 0) is 36.6 Å². The number of aromatic amines is 1. The van der Waals surface area contributed by atoms with Gasteiger partial charge in [-0.25, -0.2) is 4.98 Å². The molecule has 0 fully saturated rings. The summed E-state index contributed by atoms with van der Waals surface area (Å²) in [6.45, 7) is 5.72. The van der Waals surface area contributed by atoms with Crippen molar-refractivity contribution < 1.29 is 9.32 Å². The molecule has 7 heteroatoms. The fourth-order valence-electron chi connectivity index (χ4n) is 2.87. The molecule has 0 aliphatic rings. The Hall–Kier alpha value is -2.93. The summed E-state index contributed by atoms with van der Waals surface area (Å²) in [7, 11) is 0. The average Bonchev–Trinajstić information content (AvgIpc) is 3.32. The van der Waals surface area contributed by atoms with Crippen LogP contribution in [0.5, 0.6) is 0 Å². The Morgan fingerprint density at radius 2 is 2.15 bits per heavy atom. The largest absolute Gasteiger partial charge is 0.360 e. The summed E-state index contributed by atoms with van der Waals surface area (Å²) in [5.74, 6) is 1.29. The van der Waals surface area contributed by atoms with Crippen LogP contribution in [0.2, 0.25) is 0 Å². The highest BCUT2D eigenvalue weighted by Crippen LogP contribution is 2.27. The zero-order valence-corrected chi connectivity index (χ0v) is 15.5. The van der Waals surface area contributed by atoms with Crippen molar-refractivity contribution in [1.29, 1.82) is 0 Å². The Labute approximate surface area is 154 Å². The number of H-pyrrole nitrogens is 1. The Bertz CT molecular complexity index is 1080. The van der Waals surface area contributed by atoms with E-state index in [4.69, 9.17) is 4.52 Å². The molecule has 3 aromatic heterocycles. The van der Waals surface area contributed by atoms with Crippen molar-refractivity contribution in [3.8, 4) is 10.7 Å². The van der Waals surface area contributed by atoms with Crippen molar-refractivity contribution in [2.24, 2.45) is 0 Å². The van der Waals surface area contributed by atoms with E-state index in [-0.39, 0.29) is 11.8 Å². The molecular formula is C19H18N4O2S. The number of hydrogen-bond acceptors (Lipinski definition) is 5. The molecule has 0 bridgehead atoms. The number of aromatic nitrogens is 3. The number of aryl methyl sites for hydroxylation is 1. The lowest BCUT2D eigenvalue weighted by Crippen LogP contribution is -2.14. The van der Waals surface area contributed by atoms with Gasteiger partial charge in [0.2, 0.25) is 0 Å². The zero-order valence-electron chi connectivity index (χ0n) is 14.7. The molecule has 4 rings (SSSR count). The SMILES string of the molecule is Cc1noc(C(C)C)c1C(=O)Nc1ccc2nc(-c3cccs3)[nH]c2c1.